The third-order valence-electron chi connectivity index (χ3n) is 1.83. The molecule has 0 radical (unpaired) electrons. The van der Waals surface area contributed by atoms with Crippen molar-refractivity contribution >= 4 is 11.6 Å². The normalized spacial score (nSPS) is 13.3. The molecule has 0 aliphatic rings. The van der Waals surface area contributed by atoms with Crippen LogP contribution in [0.1, 0.15) is 10.9 Å². The van der Waals surface area contributed by atoms with E-state index < -0.39 is 0 Å². The summed E-state index contributed by atoms with van der Waals surface area (Å²) in [4.78, 5) is 1.21. The van der Waals surface area contributed by atoms with Crippen LogP contribution in [-0.4, -0.2) is 20.6 Å². The van der Waals surface area contributed by atoms with E-state index in [1.807, 2.05) is 14.1 Å². The van der Waals surface area contributed by atoms with Gasteiger partial charge in [-0.1, -0.05) is 18.2 Å². The number of alkyl halides is 1. The Morgan fingerprint density at radius 1 is 1.38 bits per heavy atom. The van der Waals surface area contributed by atoms with E-state index in [2.05, 4.69) is 0 Å². The van der Waals surface area contributed by atoms with Crippen molar-refractivity contribution in [1.82, 2.24) is 0 Å². The highest BCUT2D eigenvalue weighted by atomic mass is 35.5. The molecule has 1 aromatic rings. The van der Waals surface area contributed by atoms with E-state index >= 15 is 0 Å². The van der Waals surface area contributed by atoms with Crippen LogP contribution < -0.4 is 4.90 Å². The highest BCUT2D eigenvalue weighted by molar-refractivity contribution is 6.20. The molecule has 0 heterocycles. The maximum atomic E-state index is 13.2. The molecule has 1 rings (SSSR count). The highest BCUT2D eigenvalue weighted by Crippen LogP contribution is 2.21. The van der Waals surface area contributed by atoms with E-state index in [-0.39, 0.29) is 11.2 Å². The van der Waals surface area contributed by atoms with E-state index in [1.165, 1.54) is 11.0 Å². The summed E-state index contributed by atoms with van der Waals surface area (Å²) in [6.07, 6.45) is 0. The van der Waals surface area contributed by atoms with Crippen molar-refractivity contribution in [2.24, 2.45) is 0 Å². The number of rotatable bonds is 3. The summed E-state index contributed by atoms with van der Waals surface area (Å²) in [5, 5.41) is -0.244. The Kier molecular flexibility index (Phi) is 3.70. The summed E-state index contributed by atoms with van der Waals surface area (Å²) in [6, 6.07) is 6.65. The van der Waals surface area contributed by atoms with Crippen LogP contribution in [0.25, 0.3) is 0 Å². The van der Waals surface area contributed by atoms with E-state index in [0.717, 1.165) is 6.54 Å². The highest BCUT2D eigenvalue weighted by Gasteiger charge is 2.14. The summed E-state index contributed by atoms with van der Waals surface area (Å²) in [5.74, 6) is -0.219. The maximum Gasteiger partial charge on any atom is 0.128 e. The molecule has 0 amide bonds. The van der Waals surface area contributed by atoms with E-state index in [4.69, 9.17) is 11.6 Å². The molecule has 0 fully saturated rings. The van der Waals surface area contributed by atoms with Crippen LogP contribution in [-0.2, 0) is 0 Å². The molecular weight excluding hydrogens is 189 g/mol. The summed E-state index contributed by atoms with van der Waals surface area (Å²) in [7, 11) is 3.99. The van der Waals surface area contributed by atoms with E-state index in [9.17, 15) is 4.39 Å². The minimum atomic E-state index is -0.244. The largest absolute Gasteiger partial charge is 0.338 e. The molecule has 0 aromatic heterocycles. The zero-order valence-corrected chi connectivity index (χ0v) is 8.61. The molecule has 0 spiro atoms. The van der Waals surface area contributed by atoms with Gasteiger partial charge in [0.1, 0.15) is 11.2 Å². The standard InChI is InChI=1S/C10H13ClFN/c1-13(2)7-9(11)8-5-3-4-6-10(8)12/h3-6,9H,7H2,1-2H3/p+1/t9-/m0/s1. The summed E-state index contributed by atoms with van der Waals surface area (Å²) >= 11 is 6.05. The molecule has 3 heteroatoms. The maximum absolute atomic E-state index is 13.2. The van der Waals surface area contributed by atoms with Gasteiger partial charge in [0.2, 0.25) is 0 Å². The number of likely N-dealkylation sites (N-methyl/N-ethyl adjacent to an activating group) is 1. The van der Waals surface area contributed by atoms with Crippen LogP contribution in [0.5, 0.6) is 0 Å². The van der Waals surface area contributed by atoms with Gasteiger partial charge in [-0.3, -0.25) is 0 Å². The molecule has 0 aliphatic carbocycles. The fraction of sp³-hybridized carbons (Fsp3) is 0.400. The summed E-state index contributed by atoms with van der Waals surface area (Å²) in [6.45, 7) is 0.725. The van der Waals surface area contributed by atoms with Crippen molar-refractivity contribution in [3.8, 4) is 0 Å². The Morgan fingerprint density at radius 2 is 2.00 bits per heavy atom. The van der Waals surface area contributed by atoms with Crippen molar-refractivity contribution < 1.29 is 9.29 Å². The molecule has 0 saturated heterocycles. The van der Waals surface area contributed by atoms with Crippen LogP contribution in [0.3, 0.4) is 0 Å². The second-order valence-corrected chi connectivity index (χ2v) is 3.93. The van der Waals surface area contributed by atoms with E-state index in [0.29, 0.717) is 5.56 Å². The van der Waals surface area contributed by atoms with E-state index in [1.54, 1.807) is 18.2 Å². The fourth-order valence-corrected chi connectivity index (χ4v) is 1.68. The molecule has 13 heavy (non-hydrogen) atoms. The lowest BCUT2D eigenvalue weighted by molar-refractivity contribution is -0.858. The number of quaternary nitrogens is 1. The Hall–Kier alpha value is -0.600. The second kappa shape index (κ2) is 4.58. The average Bonchev–Trinajstić information content (AvgIpc) is 2.03. The van der Waals surface area contributed by atoms with Crippen LogP contribution in [0.4, 0.5) is 4.39 Å². The molecule has 1 nitrogen and oxygen atoms in total. The van der Waals surface area contributed by atoms with Gasteiger partial charge < -0.3 is 4.90 Å². The Balaban J connectivity index is 2.76. The first kappa shape index (κ1) is 10.5. The minimum absolute atomic E-state index is 0.219. The van der Waals surface area contributed by atoms with Gasteiger partial charge in [0.25, 0.3) is 0 Å². The number of hydrogen-bond donors (Lipinski definition) is 1. The van der Waals surface area contributed by atoms with Gasteiger partial charge in [-0.2, -0.15) is 0 Å². The Labute approximate surface area is 83.1 Å². The summed E-state index contributed by atoms with van der Waals surface area (Å²) < 4.78 is 13.2. The molecule has 0 aliphatic heterocycles. The molecule has 1 N–H and O–H groups in total. The lowest BCUT2D eigenvalue weighted by Crippen LogP contribution is -3.06. The Morgan fingerprint density at radius 3 is 2.54 bits per heavy atom. The second-order valence-electron chi connectivity index (χ2n) is 3.40. The third kappa shape index (κ3) is 2.98. The van der Waals surface area contributed by atoms with Gasteiger partial charge in [-0.25, -0.2) is 4.39 Å². The van der Waals surface area contributed by atoms with Crippen LogP contribution in [0.15, 0.2) is 24.3 Å². The molecule has 0 unspecified atom stereocenters. The number of nitrogens with one attached hydrogen (secondary N) is 1. The first-order valence-corrected chi connectivity index (χ1v) is 4.72. The zero-order valence-electron chi connectivity index (χ0n) is 7.85. The molecule has 0 bridgehead atoms. The van der Waals surface area contributed by atoms with Gasteiger partial charge in [0.05, 0.1) is 20.6 Å². The van der Waals surface area contributed by atoms with Crippen molar-refractivity contribution in [3.63, 3.8) is 0 Å². The lowest BCUT2D eigenvalue weighted by Gasteiger charge is -2.13. The smallest absolute Gasteiger partial charge is 0.128 e. The average molecular weight is 203 g/mol. The van der Waals surface area contributed by atoms with Crippen molar-refractivity contribution in [2.75, 3.05) is 20.6 Å². The monoisotopic (exact) mass is 202 g/mol. The van der Waals surface area contributed by atoms with Crippen molar-refractivity contribution in [1.29, 1.82) is 0 Å². The predicted molar refractivity (Wildman–Crippen MR) is 52.7 cm³/mol. The molecule has 72 valence electrons. The first-order chi connectivity index (χ1) is 6.11. The quantitative estimate of drug-likeness (QED) is 0.704. The number of hydrogen-bond acceptors (Lipinski definition) is 0. The van der Waals surface area contributed by atoms with Gasteiger partial charge >= 0.3 is 0 Å². The molecule has 1 atom stereocenters. The molecular formula is C10H14ClFN+. The molecule has 0 saturated carbocycles. The minimum Gasteiger partial charge on any atom is -0.338 e. The predicted octanol–water partition coefficient (Wildman–Crippen LogP) is 1.25. The first-order valence-electron chi connectivity index (χ1n) is 4.29. The molecule has 1 aromatic carbocycles. The fourth-order valence-electron chi connectivity index (χ4n) is 1.20. The third-order valence-corrected chi connectivity index (χ3v) is 2.22. The van der Waals surface area contributed by atoms with Gasteiger partial charge in [-0.15, -0.1) is 11.6 Å². The Bertz CT molecular complexity index is 275. The van der Waals surface area contributed by atoms with Crippen LogP contribution >= 0.6 is 11.6 Å². The van der Waals surface area contributed by atoms with Crippen LogP contribution in [0.2, 0.25) is 0 Å². The zero-order chi connectivity index (χ0) is 9.84. The van der Waals surface area contributed by atoms with Gasteiger partial charge in [-0.05, 0) is 6.07 Å². The van der Waals surface area contributed by atoms with Gasteiger partial charge in [0.15, 0.2) is 0 Å². The number of halogens is 2. The lowest BCUT2D eigenvalue weighted by atomic mass is 10.1. The van der Waals surface area contributed by atoms with Crippen molar-refractivity contribution in [2.45, 2.75) is 5.38 Å². The van der Waals surface area contributed by atoms with Crippen LogP contribution in [0, 0.1) is 5.82 Å². The topological polar surface area (TPSA) is 4.44 Å². The van der Waals surface area contributed by atoms with Crippen molar-refractivity contribution in [3.05, 3.63) is 35.6 Å². The number of benzene rings is 1. The van der Waals surface area contributed by atoms with Gasteiger partial charge in [0, 0.05) is 5.56 Å². The SMILES string of the molecule is C[NH+](C)C[C@H](Cl)c1ccccc1F. The summed E-state index contributed by atoms with van der Waals surface area (Å²) in [5.41, 5.74) is 0.588.